The maximum Gasteiger partial charge on any atom is 0.360 e. The molecule has 0 aliphatic heterocycles. The quantitative estimate of drug-likeness (QED) is 0.731. The topological polar surface area (TPSA) is 72.6 Å². The van der Waals surface area contributed by atoms with Crippen molar-refractivity contribution in [3.05, 3.63) is 17.8 Å². The second-order valence-electron chi connectivity index (χ2n) is 4.65. The molecular formula is C13H18N2O4. The van der Waals surface area contributed by atoms with Crippen molar-refractivity contribution in [3.8, 4) is 0 Å². The van der Waals surface area contributed by atoms with E-state index in [0.29, 0.717) is 19.0 Å². The Kier molecular flexibility index (Phi) is 4.19. The van der Waals surface area contributed by atoms with Crippen LogP contribution < -0.4 is 0 Å². The maximum atomic E-state index is 12.1. The molecule has 104 valence electrons. The van der Waals surface area contributed by atoms with Crippen LogP contribution in [0.1, 0.15) is 42.6 Å². The van der Waals surface area contributed by atoms with Crippen LogP contribution in [-0.2, 0) is 16.1 Å². The molecule has 0 N–H and O–H groups in total. The maximum absolute atomic E-state index is 12.1. The zero-order chi connectivity index (χ0) is 13.8. The number of hydrogen-bond donors (Lipinski definition) is 0. The molecule has 1 aromatic heterocycles. The summed E-state index contributed by atoms with van der Waals surface area (Å²) in [6, 6.07) is 0. The van der Waals surface area contributed by atoms with Gasteiger partial charge in [0.2, 0.25) is 11.8 Å². The Labute approximate surface area is 111 Å². The highest BCUT2D eigenvalue weighted by Crippen LogP contribution is 2.31. The van der Waals surface area contributed by atoms with Gasteiger partial charge in [-0.05, 0) is 19.3 Å². The summed E-state index contributed by atoms with van der Waals surface area (Å²) in [5.74, 6) is 0.148. The van der Waals surface area contributed by atoms with Crippen LogP contribution >= 0.6 is 0 Å². The molecule has 1 heterocycles. The fraction of sp³-hybridized carbons (Fsp3) is 0.615. The second-order valence-corrected chi connectivity index (χ2v) is 4.65. The Balaban J connectivity index is 2.01. The standard InChI is InChI=1S/C13H18N2O4/c1-3-6-15(12(16)9-4-5-9)7-11-14-10(8-19-11)13(17)18-2/h8-9H,3-7H2,1-2H3. The Bertz CT molecular complexity index is 465. The van der Waals surface area contributed by atoms with Crippen molar-refractivity contribution in [1.82, 2.24) is 9.88 Å². The Hall–Kier alpha value is -1.85. The first-order valence-electron chi connectivity index (χ1n) is 6.47. The summed E-state index contributed by atoms with van der Waals surface area (Å²) in [7, 11) is 1.29. The monoisotopic (exact) mass is 266 g/mol. The van der Waals surface area contributed by atoms with Gasteiger partial charge in [-0.25, -0.2) is 9.78 Å². The lowest BCUT2D eigenvalue weighted by Gasteiger charge is -2.20. The van der Waals surface area contributed by atoms with Crippen LogP contribution in [0.2, 0.25) is 0 Å². The second kappa shape index (κ2) is 5.86. The largest absolute Gasteiger partial charge is 0.464 e. The third-order valence-corrected chi connectivity index (χ3v) is 3.00. The normalized spacial score (nSPS) is 14.2. The molecule has 0 saturated heterocycles. The summed E-state index contributed by atoms with van der Waals surface area (Å²) in [5, 5.41) is 0. The lowest BCUT2D eigenvalue weighted by atomic mass is 10.3. The van der Waals surface area contributed by atoms with Crippen LogP contribution in [-0.4, -0.2) is 35.4 Å². The number of aromatic nitrogens is 1. The van der Waals surface area contributed by atoms with Gasteiger partial charge in [0.05, 0.1) is 13.7 Å². The molecule has 0 bridgehead atoms. The molecule has 0 spiro atoms. The van der Waals surface area contributed by atoms with E-state index in [1.54, 1.807) is 4.90 Å². The van der Waals surface area contributed by atoms with Crippen LogP contribution in [0.4, 0.5) is 0 Å². The smallest absolute Gasteiger partial charge is 0.360 e. The van der Waals surface area contributed by atoms with Gasteiger partial charge in [0.15, 0.2) is 5.69 Å². The number of rotatable bonds is 6. The minimum absolute atomic E-state index is 0.132. The minimum atomic E-state index is -0.537. The van der Waals surface area contributed by atoms with Gasteiger partial charge < -0.3 is 14.1 Å². The summed E-state index contributed by atoms with van der Waals surface area (Å²) in [5.41, 5.74) is 0.132. The van der Waals surface area contributed by atoms with Crippen molar-refractivity contribution >= 4 is 11.9 Å². The molecule has 2 rings (SSSR count). The van der Waals surface area contributed by atoms with Crippen LogP contribution in [0.25, 0.3) is 0 Å². The number of nitrogens with zero attached hydrogens (tertiary/aromatic N) is 2. The molecule has 1 aliphatic rings. The van der Waals surface area contributed by atoms with E-state index < -0.39 is 5.97 Å². The van der Waals surface area contributed by atoms with E-state index in [9.17, 15) is 9.59 Å². The van der Waals surface area contributed by atoms with Crippen molar-refractivity contribution in [1.29, 1.82) is 0 Å². The first kappa shape index (κ1) is 13.6. The van der Waals surface area contributed by atoms with Crippen LogP contribution in [0.3, 0.4) is 0 Å². The number of oxazole rings is 1. The highest BCUT2D eigenvalue weighted by molar-refractivity contribution is 5.86. The van der Waals surface area contributed by atoms with E-state index in [2.05, 4.69) is 9.72 Å². The molecule has 19 heavy (non-hydrogen) atoms. The van der Waals surface area contributed by atoms with Gasteiger partial charge in [-0.3, -0.25) is 4.79 Å². The van der Waals surface area contributed by atoms with E-state index in [1.165, 1.54) is 13.4 Å². The number of hydrogen-bond acceptors (Lipinski definition) is 5. The van der Waals surface area contributed by atoms with E-state index in [0.717, 1.165) is 19.3 Å². The van der Waals surface area contributed by atoms with Gasteiger partial charge in [0.1, 0.15) is 6.26 Å². The fourth-order valence-corrected chi connectivity index (χ4v) is 1.87. The lowest BCUT2D eigenvalue weighted by molar-refractivity contribution is -0.133. The number of amides is 1. The van der Waals surface area contributed by atoms with Crippen molar-refractivity contribution in [2.24, 2.45) is 5.92 Å². The zero-order valence-corrected chi connectivity index (χ0v) is 11.2. The molecule has 0 atom stereocenters. The molecule has 0 aromatic carbocycles. The van der Waals surface area contributed by atoms with Crippen molar-refractivity contribution in [2.45, 2.75) is 32.7 Å². The Morgan fingerprint density at radius 2 is 2.26 bits per heavy atom. The summed E-state index contributed by atoms with van der Waals surface area (Å²) in [6.45, 7) is 2.99. The molecule has 1 aliphatic carbocycles. The number of carbonyl (C=O) groups excluding carboxylic acids is 2. The van der Waals surface area contributed by atoms with Gasteiger partial charge in [0, 0.05) is 12.5 Å². The fourth-order valence-electron chi connectivity index (χ4n) is 1.87. The van der Waals surface area contributed by atoms with E-state index in [1.807, 2.05) is 6.92 Å². The van der Waals surface area contributed by atoms with E-state index >= 15 is 0 Å². The van der Waals surface area contributed by atoms with Crippen LogP contribution in [0.15, 0.2) is 10.7 Å². The minimum Gasteiger partial charge on any atom is -0.464 e. The SMILES string of the molecule is CCCN(Cc1nc(C(=O)OC)co1)C(=O)C1CC1. The zero-order valence-electron chi connectivity index (χ0n) is 11.2. The molecule has 6 nitrogen and oxygen atoms in total. The van der Waals surface area contributed by atoms with Gasteiger partial charge in [-0.15, -0.1) is 0 Å². The average Bonchev–Trinajstić information content (AvgIpc) is 3.16. The van der Waals surface area contributed by atoms with Crippen LogP contribution in [0, 0.1) is 5.92 Å². The van der Waals surface area contributed by atoms with Gasteiger partial charge >= 0.3 is 5.97 Å². The predicted octanol–water partition coefficient (Wildman–Crippen LogP) is 1.61. The first-order chi connectivity index (χ1) is 9.15. The number of carbonyl (C=O) groups is 2. The number of ether oxygens (including phenoxy) is 1. The molecule has 1 amide bonds. The Morgan fingerprint density at radius 3 is 2.84 bits per heavy atom. The molecule has 1 aromatic rings. The highest BCUT2D eigenvalue weighted by Gasteiger charge is 2.33. The van der Waals surface area contributed by atoms with Gasteiger partial charge in [-0.2, -0.15) is 0 Å². The molecule has 1 saturated carbocycles. The van der Waals surface area contributed by atoms with Crippen molar-refractivity contribution < 1.29 is 18.7 Å². The third-order valence-electron chi connectivity index (χ3n) is 3.00. The van der Waals surface area contributed by atoms with Crippen molar-refractivity contribution in [2.75, 3.05) is 13.7 Å². The summed E-state index contributed by atoms with van der Waals surface area (Å²) >= 11 is 0. The lowest BCUT2D eigenvalue weighted by Crippen LogP contribution is -2.32. The predicted molar refractivity (Wildman–Crippen MR) is 66.3 cm³/mol. The van der Waals surface area contributed by atoms with Crippen LogP contribution in [0.5, 0.6) is 0 Å². The summed E-state index contributed by atoms with van der Waals surface area (Å²) in [4.78, 5) is 29.1. The highest BCUT2D eigenvalue weighted by atomic mass is 16.5. The molecule has 6 heteroatoms. The Morgan fingerprint density at radius 1 is 1.53 bits per heavy atom. The summed E-state index contributed by atoms with van der Waals surface area (Å²) in [6.07, 6.45) is 4.08. The van der Waals surface area contributed by atoms with Gasteiger partial charge in [-0.1, -0.05) is 6.92 Å². The molecule has 0 unspecified atom stereocenters. The first-order valence-corrected chi connectivity index (χ1v) is 6.47. The summed E-state index contributed by atoms with van der Waals surface area (Å²) < 4.78 is 9.76. The average molecular weight is 266 g/mol. The molecule has 1 fully saturated rings. The number of esters is 1. The molecular weight excluding hydrogens is 248 g/mol. The van der Waals surface area contributed by atoms with E-state index in [4.69, 9.17) is 4.42 Å². The third kappa shape index (κ3) is 3.33. The van der Waals surface area contributed by atoms with Crippen molar-refractivity contribution in [3.63, 3.8) is 0 Å². The van der Waals surface area contributed by atoms with E-state index in [-0.39, 0.29) is 17.5 Å². The van der Waals surface area contributed by atoms with Gasteiger partial charge in [0.25, 0.3) is 0 Å². The molecule has 0 radical (unpaired) electrons. The number of methoxy groups -OCH3 is 1.